The molecule has 180 valence electrons. The zero-order valence-corrected chi connectivity index (χ0v) is 20.4. The summed E-state index contributed by atoms with van der Waals surface area (Å²) in [6, 6.07) is 12.4. The third-order valence-electron chi connectivity index (χ3n) is 5.06. The van der Waals surface area contributed by atoms with Gasteiger partial charge in [0.1, 0.15) is 11.5 Å². The number of hydrogen-bond donors (Lipinski definition) is 2. The molecule has 0 spiro atoms. The van der Waals surface area contributed by atoms with Crippen molar-refractivity contribution in [1.82, 2.24) is 19.7 Å². The number of amides is 1. The number of thiophene rings is 1. The van der Waals surface area contributed by atoms with Gasteiger partial charge < -0.3 is 14.8 Å². The van der Waals surface area contributed by atoms with Crippen LogP contribution >= 0.6 is 11.3 Å². The standard InChI is InChI=1S/C25H25N5O4S/c1-4-6-17-14-24(32)28-25(26-17)30-22(15-18(29-30)21-7-5-12-35-21)27-23(31)11-9-16-8-10-19(33-2)20(13-16)34-3/h5,7-15H,4,6H2,1-3H3,(H,27,31)(H,26,28,32)/b11-9-. The Morgan fingerprint density at radius 3 is 2.71 bits per heavy atom. The Morgan fingerprint density at radius 1 is 1.17 bits per heavy atom. The van der Waals surface area contributed by atoms with Gasteiger partial charge in [-0.25, -0.2) is 4.98 Å². The fraction of sp³-hybridized carbons (Fsp3) is 0.200. The van der Waals surface area contributed by atoms with Crippen LogP contribution in [0.3, 0.4) is 0 Å². The number of nitrogens with zero attached hydrogens (tertiary/aromatic N) is 3. The maximum Gasteiger partial charge on any atom is 0.252 e. The van der Waals surface area contributed by atoms with E-state index in [-0.39, 0.29) is 17.4 Å². The van der Waals surface area contributed by atoms with Gasteiger partial charge in [0.15, 0.2) is 11.5 Å². The SMILES string of the molecule is CCCc1cc(=O)[nH]c(-n2nc(-c3cccs3)cc2NC(=O)/C=C\c2ccc(OC)c(OC)c2)n1. The van der Waals surface area contributed by atoms with Crippen LogP contribution in [-0.2, 0) is 11.2 Å². The molecule has 0 aliphatic heterocycles. The van der Waals surface area contributed by atoms with Gasteiger partial charge in [-0.05, 0) is 41.6 Å². The third-order valence-corrected chi connectivity index (χ3v) is 5.95. The number of hydrogen-bond acceptors (Lipinski definition) is 7. The number of methoxy groups -OCH3 is 2. The molecule has 0 bridgehead atoms. The minimum Gasteiger partial charge on any atom is -0.493 e. The van der Waals surface area contributed by atoms with E-state index in [1.807, 2.05) is 30.5 Å². The Morgan fingerprint density at radius 2 is 2.00 bits per heavy atom. The van der Waals surface area contributed by atoms with Crippen LogP contribution in [0.2, 0.25) is 0 Å². The second-order valence-electron chi connectivity index (χ2n) is 7.55. The van der Waals surface area contributed by atoms with Gasteiger partial charge in [-0.15, -0.1) is 11.3 Å². The van der Waals surface area contributed by atoms with E-state index in [2.05, 4.69) is 20.4 Å². The number of aromatic amines is 1. The first kappa shape index (κ1) is 24.0. The first-order valence-corrected chi connectivity index (χ1v) is 11.8. The molecule has 1 aromatic carbocycles. The summed E-state index contributed by atoms with van der Waals surface area (Å²) in [5.41, 5.74) is 1.80. The summed E-state index contributed by atoms with van der Waals surface area (Å²) < 4.78 is 12.0. The highest BCUT2D eigenvalue weighted by atomic mass is 32.1. The predicted octanol–water partition coefficient (Wildman–Crippen LogP) is 4.31. The highest BCUT2D eigenvalue weighted by molar-refractivity contribution is 7.13. The molecule has 3 heterocycles. The van der Waals surface area contributed by atoms with Crippen LogP contribution in [0.1, 0.15) is 24.6 Å². The lowest BCUT2D eigenvalue weighted by atomic mass is 10.2. The minimum absolute atomic E-state index is 0.239. The number of nitrogens with one attached hydrogen (secondary N) is 2. The molecule has 0 radical (unpaired) electrons. The molecule has 3 aromatic heterocycles. The molecule has 2 N–H and O–H groups in total. The number of H-pyrrole nitrogens is 1. The molecular weight excluding hydrogens is 466 g/mol. The smallest absolute Gasteiger partial charge is 0.252 e. The summed E-state index contributed by atoms with van der Waals surface area (Å²) >= 11 is 1.52. The van der Waals surface area contributed by atoms with E-state index in [1.54, 1.807) is 38.5 Å². The van der Waals surface area contributed by atoms with Crippen LogP contribution in [-0.4, -0.2) is 39.9 Å². The van der Waals surface area contributed by atoms with Crippen molar-refractivity contribution >= 4 is 29.1 Å². The van der Waals surface area contributed by atoms with Crippen LogP contribution < -0.4 is 20.3 Å². The van der Waals surface area contributed by atoms with Crippen LogP contribution in [0.15, 0.2) is 58.7 Å². The zero-order valence-electron chi connectivity index (χ0n) is 19.6. The van der Waals surface area contributed by atoms with Crippen molar-refractivity contribution in [2.24, 2.45) is 0 Å². The summed E-state index contributed by atoms with van der Waals surface area (Å²) in [7, 11) is 3.12. The van der Waals surface area contributed by atoms with E-state index in [1.165, 1.54) is 28.2 Å². The van der Waals surface area contributed by atoms with Gasteiger partial charge >= 0.3 is 0 Å². The number of aryl methyl sites for hydroxylation is 1. The lowest BCUT2D eigenvalue weighted by Gasteiger charge is -2.08. The predicted molar refractivity (Wildman–Crippen MR) is 136 cm³/mol. The first-order valence-electron chi connectivity index (χ1n) is 11.0. The van der Waals surface area contributed by atoms with Gasteiger partial charge in [0.05, 0.1) is 19.1 Å². The Labute approximate surface area is 206 Å². The fourth-order valence-corrected chi connectivity index (χ4v) is 4.13. The summed E-state index contributed by atoms with van der Waals surface area (Å²) in [6.45, 7) is 2.02. The number of carbonyl (C=O) groups excluding carboxylic acids is 1. The molecule has 10 heteroatoms. The third kappa shape index (κ3) is 5.67. The Hall–Kier alpha value is -4.18. The highest BCUT2D eigenvalue weighted by Crippen LogP contribution is 2.29. The van der Waals surface area contributed by atoms with Gasteiger partial charge in [0.25, 0.3) is 5.56 Å². The molecule has 0 fully saturated rings. The van der Waals surface area contributed by atoms with Gasteiger partial charge in [-0.2, -0.15) is 9.78 Å². The maximum atomic E-state index is 12.8. The highest BCUT2D eigenvalue weighted by Gasteiger charge is 2.16. The molecule has 9 nitrogen and oxygen atoms in total. The lowest BCUT2D eigenvalue weighted by Crippen LogP contribution is -2.18. The molecule has 0 aliphatic carbocycles. The summed E-state index contributed by atoms with van der Waals surface area (Å²) in [4.78, 5) is 33.2. The average Bonchev–Trinajstić information content (AvgIpc) is 3.53. The topological polar surface area (TPSA) is 111 Å². The second-order valence-corrected chi connectivity index (χ2v) is 8.50. The number of carbonyl (C=O) groups is 1. The van der Waals surface area contributed by atoms with Crippen molar-refractivity contribution < 1.29 is 14.3 Å². The van der Waals surface area contributed by atoms with E-state index in [0.29, 0.717) is 35.1 Å². The molecule has 35 heavy (non-hydrogen) atoms. The van der Waals surface area contributed by atoms with Crippen molar-refractivity contribution in [3.8, 4) is 28.0 Å². The summed E-state index contributed by atoms with van der Waals surface area (Å²) in [5.74, 6) is 1.42. The van der Waals surface area contributed by atoms with Crippen molar-refractivity contribution in [2.75, 3.05) is 19.5 Å². The molecule has 0 saturated heterocycles. The summed E-state index contributed by atoms with van der Waals surface area (Å²) in [5, 5.41) is 9.39. The van der Waals surface area contributed by atoms with E-state index in [9.17, 15) is 9.59 Å². The first-order chi connectivity index (χ1) is 17.0. The number of benzene rings is 1. The molecule has 4 rings (SSSR count). The Kier molecular flexibility index (Phi) is 7.41. The molecule has 0 unspecified atom stereocenters. The number of ether oxygens (including phenoxy) is 2. The van der Waals surface area contributed by atoms with Crippen molar-refractivity contribution in [3.05, 3.63) is 75.5 Å². The quantitative estimate of drug-likeness (QED) is 0.338. The number of aromatic nitrogens is 4. The van der Waals surface area contributed by atoms with Gasteiger partial charge in [0.2, 0.25) is 11.9 Å². The zero-order chi connectivity index (χ0) is 24.8. The lowest BCUT2D eigenvalue weighted by molar-refractivity contribution is -0.111. The van der Waals surface area contributed by atoms with Crippen LogP contribution in [0.4, 0.5) is 5.82 Å². The molecule has 4 aromatic rings. The van der Waals surface area contributed by atoms with Crippen LogP contribution in [0.5, 0.6) is 11.5 Å². The number of rotatable bonds is 9. The normalized spacial score (nSPS) is 11.1. The molecular formula is C25H25N5O4S. The van der Waals surface area contributed by atoms with Crippen molar-refractivity contribution in [3.63, 3.8) is 0 Å². The fourth-order valence-electron chi connectivity index (χ4n) is 3.45. The second kappa shape index (κ2) is 10.8. The van der Waals surface area contributed by atoms with E-state index in [4.69, 9.17) is 9.47 Å². The van der Waals surface area contributed by atoms with Crippen LogP contribution in [0.25, 0.3) is 22.6 Å². The van der Waals surface area contributed by atoms with E-state index >= 15 is 0 Å². The van der Waals surface area contributed by atoms with Crippen LogP contribution in [0, 0.1) is 0 Å². The molecule has 1 amide bonds. The average molecular weight is 492 g/mol. The largest absolute Gasteiger partial charge is 0.493 e. The number of anilines is 1. The maximum absolute atomic E-state index is 12.8. The van der Waals surface area contributed by atoms with Gasteiger partial charge in [-0.1, -0.05) is 25.5 Å². The monoisotopic (exact) mass is 491 g/mol. The minimum atomic E-state index is -0.370. The van der Waals surface area contributed by atoms with Crippen molar-refractivity contribution in [1.29, 1.82) is 0 Å². The van der Waals surface area contributed by atoms with Gasteiger partial charge in [0, 0.05) is 23.9 Å². The summed E-state index contributed by atoms with van der Waals surface area (Å²) in [6.07, 6.45) is 4.58. The van der Waals surface area contributed by atoms with Gasteiger partial charge in [-0.3, -0.25) is 14.6 Å². The van der Waals surface area contributed by atoms with E-state index < -0.39 is 0 Å². The van der Waals surface area contributed by atoms with Crippen molar-refractivity contribution in [2.45, 2.75) is 19.8 Å². The van der Waals surface area contributed by atoms with E-state index in [0.717, 1.165) is 16.9 Å². The molecule has 0 aliphatic rings. The molecule has 0 saturated carbocycles. The Balaban J connectivity index is 1.64. The molecule has 0 atom stereocenters. The Bertz CT molecular complexity index is 1410.